The Labute approximate surface area is 121 Å². The molecule has 1 aromatic carbocycles. The Kier molecular flexibility index (Phi) is 6.87. The molecule has 0 aliphatic heterocycles. The highest BCUT2D eigenvalue weighted by atomic mass is 35.5. The van der Waals surface area contributed by atoms with E-state index in [-0.39, 0.29) is 23.7 Å². The van der Waals surface area contributed by atoms with Crippen molar-refractivity contribution < 1.29 is 9.53 Å². The number of nitrogens with two attached hydrogens (primary N) is 1. The third-order valence-electron chi connectivity index (χ3n) is 2.99. The highest BCUT2D eigenvalue weighted by Gasteiger charge is 2.22. The van der Waals surface area contributed by atoms with Gasteiger partial charge >= 0.3 is 0 Å². The summed E-state index contributed by atoms with van der Waals surface area (Å²) in [6.45, 7) is 6.39. The van der Waals surface area contributed by atoms with Crippen LogP contribution in [0.1, 0.15) is 26.3 Å². The van der Waals surface area contributed by atoms with Gasteiger partial charge in [-0.15, -0.1) is 12.4 Å². The lowest BCUT2D eigenvalue weighted by Gasteiger charge is -2.26. The summed E-state index contributed by atoms with van der Waals surface area (Å²) in [6, 6.07) is 7.39. The number of ether oxygens (including phenoxy) is 1. The third kappa shape index (κ3) is 5.09. The molecule has 1 amide bonds. The molecule has 0 heterocycles. The fourth-order valence-corrected chi connectivity index (χ4v) is 1.61. The fourth-order valence-electron chi connectivity index (χ4n) is 1.61. The molecule has 0 aliphatic rings. The summed E-state index contributed by atoms with van der Waals surface area (Å²) in [5.74, 6) is 0.700. The number of rotatable bonds is 5. The number of methoxy groups -OCH3 is 1. The summed E-state index contributed by atoms with van der Waals surface area (Å²) in [5.41, 5.74) is 6.52. The van der Waals surface area contributed by atoms with Gasteiger partial charge in [-0.25, -0.2) is 0 Å². The second-order valence-corrected chi connectivity index (χ2v) is 5.12. The molecule has 1 atom stereocenters. The first-order chi connectivity index (χ1) is 8.36. The van der Waals surface area contributed by atoms with E-state index >= 15 is 0 Å². The van der Waals surface area contributed by atoms with Crippen LogP contribution in [0, 0.1) is 0 Å². The van der Waals surface area contributed by atoms with E-state index in [4.69, 9.17) is 10.5 Å². The maximum absolute atomic E-state index is 11.5. The van der Waals surface area contributed by atoms with Crippen LogP contribution in [0.4, 0.5) is 0 Å². The predicted molar refractivity (Wildman–Crippen MR) is 79.9 cm³/mol. The van der Waals surface area contributed by atoms with Crippen LogP contribution < -0.4 is 15.8 Å². The van der Waals surface area contributed by atoms with Gasteiger partial charge in [-0.2, -0.15) is 0 Å². The molecular weight excluding hydrogens is 264 g/mol. The molecule has 19 heavy (non-hydrogen) atoms. The third-order valence-corrected chi connectivity index (χ3v) is 2.99. The lowest BCUT2D eigenvalue weighted by Crippen LogP contribution is -2.43. The van der Waals surface area contributed by atoms with E-state index in [1.807, 2.05) is 24.3 Å². The maximum atomic E-state index is 11.5. The van der Waals surface area contributed by atoms with Gasteiger partial charge in [0.2, 0.25) is 5.91 Å². The highest BCUT2D eigenvalue weighted by Crippen LogP contribution is 2.24. The van der Waals surface area contributed by atoms with E-state index in [2.05, 4.69) is 19.2 Å². The number of carbonyl (C=O) groups excluding carboxylic acids is 1. The average molecular weight is 287 g/mol. The Hall–Kier alpha value is -1.26. The van der Waals surface area contributed by atoms with Gasteiger partial charge in [0, 0.05) is 12.0 Å². The first-order valence-electron chi connectivity index (χ1n) is 6.04. The van der Waals surface area contributed by atoms with E-state index in [1.54, 1.807) is 14.0 Å². The second-order valence-electron chi connectivity index (χ2n) is 5.12. The number of benzene rings is 1. The molecule has 4 nitrogen and oxygen atoms in total. The smallest absolute Gasteiger partial charge is 0.236 e. The van der Waals surface area contributed by atoms with E-state index in [0.29, 0.717) is 6.54 Å². The quantitative estimate of drug-likeness (QED) is 0.868. The summed E-state index contributed by atoms with van der Waals surface area (Å²) >= 11 is 0. The summed E-state index contributed by atoms with van der Waals surface area (Å²) in [5, 5.41) is 2.85. The van der Waals surface area contributed by atoms with Crippen molar-refractivity contribution in [3.05, 3.63) is 29.8 Å². The minimum atomic E-state index is -0.475. The molecular formula is C14H23ClN2O2. The van der Waals surface area contributed by atoms with Gasteiger partial charge in [0.1, 0.15) is 5.75 Å². The zero-order valence-electron chi connectivity index (χ0n) is 11.9. The number of hydrogen-bond donors (Lipinski definition) is 2. The van der Waals surface area contributed by atoms with E-state index < -0.39 is 6.04 Å². The number of nitrogens with one attached hydrogen (secondary N) is 1. The molecule has 0 bridgehead atoms. The molecule has 5 heteroatoms. The van der Waals surface area contributed by atoms with Gasteiger partial charge < -0.3 is 15.8 Å². The molecule has 3 N–H and O–H groups in total. The van der Waals surface area contributed by atoms with Gasteiger partial charge in [0.05, 0.1) is 13.2 Å². The van der Waals surface area contributed by atoms with Gasteiger partial charge in [0.25, 0.3) is 0 Å². The maximum Gasteiger partial charge on any atom is 0.236 e. The largest absolute Gasteiger partial charge is 0.497 e. The van der Waals surface area contributed by atoms with Crippen LogP contribution in [-0.4, -0.2) is 25.6 Å². The minimum absolute atomic E-state index is 0. The molecule has 0 aromatic heterocycles. The first-order valence-corrected chi connectivity index (χ1v) is 6.04. The Bertz CT molecular complexity index is 402. The topological polar surface area (TPSA) is 64.3 Å². The predicted octanol–water partition coefficient (Wildman–Crippen LogP) is 1.86. The number of carbonyl (C=O) groups is 1. The molecule has 0 radical (unpaired) electrons. The summed E-state index contributed by atoms with van der Waals surface area (Å²) in [7, 11) is 1.64. The van der Waals surface area contributed by atoms with Crippen molar-refractivity contribution >= 4 is 18.3 Å². The van der Waals surface area contributed by atoms with E-state index in [0.717, 1.165) is 11.3 Å². The van der Waals surface area contributed by atoms with Crippen LogP contribution in [0.5, 0.6) is 5.75 Å². The van der Waals surface area contributed by atoms with E-state index in [9.17, 15) is 4.79 Å². The molecule has 0 unspecified atom stereocenters. The Morgan fingerprint density at radius 3 is 2.32 bits per heavy atom. The lowest BCUT2D eigenvalue weighted by molar-refractivity contribution is -0.122. The molecule has 0 aliphatic carbocycles. The van der Waals surface area contributed by atoms with Crippen LogP contribution in [-0.2, 0) is 10.2 Å². The first kappa shape index (κ1) is 17.7. The van der Waals surface area contributed by atoms with Gasteiger partial charge in [-0.1, -0.05) is 26.0 Å². The van der Waals surface area contributed by atoms with Crippen molar-refractivity contribution in [2.45, 2.75) is 32.2 Å². The Balaban J connectivity index is 0.00000324. The van der Waals surface area contributed by atoms with Crippen molar-refractivity contribution in [3.8, 4) is 5.75 Å². The molecule has 0 saturated carbocycles. The summed E-state index contributed by atoms with van der Waals surface area (Å²) in [6.07, 6.45) is 0. The van der Waals surface area contributed by atoms with Gasteiger partial charge in [-0.3, -0.25) is 4.79 Å². The van der Waals surface area contributed by atoms with Gasteiger partial charge in [0.15, 0.2) is 0 Å². The molecule has 1 aromatic rings. The summed E-state index contributed by atoms with van der Waals surface area (Å²) in [4.78, 5) is 11.5. The van der Waals surface area contributed by atoms with Crippen LogP contribution in [0.2, 0.25) is 0 Å². The minimum Gasteiger partial charge on any atom is -0.497 e. The van der Waals surface area contributed by atoms with Gasteiger partial charge in [-0.05, 0) is 24.6 Å². The van der Waals surface area contributed by atoms with Crippen LogP contribution in [0.15, 0.2) is 24.3 Å². The SMILES string of the molecule is COc1ccc(C(C)(C)CNC(=O)[C@@H](C)N)cc1.Cl. The molecule has 0 saturated heterocycles. The van der Waals surface area contributed by atoms with Crippen LogP contribution in [0.3, 0.4) is 0 Å². The highest BCUT2D eigenvalue weighted by molar-refractivity contribution is 5.85. The zero-order chi connectivity index (χ0) is 13.8. The summed E-state index contributed by atoms with van der Waals surface area (Å²) < 4.78 is 5.13. The number of amides is 1. The Morgan fingerprint density at radius 2 is 1.89 bits per heavy atom. The average Bonchev–Trinajstić information content (AvgIpc) is 2.36. The molecule has 0 fully saturated rings. The standard InChI is InChI=1S/C14H22N2O2.ClH/c1-10(15)13(17)16-9-14(2,3)11-5-7-12(18-4)8-6-11;/h5-8,10H,9,15H2,1-4H3,(H,16,17);1H/t10-;/m1./s1. The van der Waals surface area contributed by atoms with Crippen molar-refractivity contribution in [1.82, 2.24) is 5.32 Å². The van der Waals surface area contributed by atoms with Crippen LogP contribution >= 0.6 is 12.4 Å². The fraction of sp³-hybridized carbons (Fsp3) is 0.500. The molecule has 0 spiro atoms. The Morgan fingerprint density at radius 1 is 1.37 bits per heavy atom. The van der Waals surface area contributed by atoms with Crippen molar-refractivity contribution in [2.24, 2.45) is 5.73 Å². The monoisotopic (exact) mass is 286 g/mol. The lowest BCUT2D eigenvalue weighted by atomic mass is 9.84. The normalized spacial score (nSPS) is 12.3. The number of halogens is 1. The zero-order valence-corrected chi connectivity index (χ0v) is 12.7. The number of hydrogen-bond acceptors (Lipinski definition) is 3. The van der Waals surface area contributed by atoms with Crippen molar-refractivity contribution in [2.75, 3.05) is 13.7 Å². The second kappa shape index (κ2) is 7.36. The molecule has 108 valence electrons. The van der Waals surface area contributed by atoms with Crippen molar-refractivity contribution in [1.29, 1.82) is 0 Å². The van der Waals surface area contributed by atoms with Crippen LogP contribution in [0.25, 0.3) is 0 Å². The van der Waals surface area contributed by atoms with Crippen molar-refractivity contribution in [3.63, 3.8) is 0 Å². The van der Waals surface area contributed by atoms with E-state index in [1.165, 1.54) is 0 Å². The molecule has 1 rings (SSSR count).